The third kappa shape index (κ3) is 3.91. The van der Waals surface area contributed by atoms with E-state index in [9.17, 15) is 9.59 Å². The molecule has 6 nitrogen and oxygen atoms in total. The lowest BCUT2D eigenvalue weighted by Gasteiger charge is -2.60. The highest BCUT2D eigenvalue weighted by Gasteiger charge is 2.60. The molecule has 2 N–H and O–H groups in total. The predicted molar refractivity (Wildman–Crippen MR) is 144 cm³/mol. The maximum atomic E-state index is 12.6. The Morgan fingerprint density at radius 3 is 2.67 bits per heavy atom. The number of urea groups is 1. The minimum atomic E-state index is -0.104. The van der Waals surface area contributed by atoms with Crippen LogP contribution in [0.2, 0.25) is 0 Å². The summed E-state index contributed by atoms with van der Waals surface area (Å²) >= 11 is 1.57. The summed E-state index contributed by atoms with van der Waals surface area (Å²) < 4.78 is 0. The Kier molecular flexibility index (Phi) is 6.21. The molecule has 2 heterocycles. The number of hydrogen-bond donors (Lipinski definition) is 2. The van der Waals surface area contributed by atoms with Gasteiger partial charge in [-0.2, -0.15) is 0 Å². The van der Waals surface area contributed by atoms with Crippen LogP contribution in [-0.4, -0.2) is 41.0 Å². The SMILES string of the molecule is CN1C(=O)C=C[C@]2(C)[C@H]3CC[C@]4(C)[C@@H](c5csc(NC(=O)NC6CCCCC6)n5)CC[C@H]4[C@@H]3CC[C@@H]12. The Labute approximate surface area is 219 Å². The van der Waals surface area contributed by atoms with Crippen LogP contribution < -0.4 is 10.6 Å². The Morgan fingerprint density at radius 2 is 1.86 bits per heavy atom. The molecule has 196 valence electrons. The van der Waals surface area contributed by atoms with E-state index in [0.717, 1.165) is 30.3 Å². The smallest absolute Gasteiger partial charge is 0.321 e. The molecule has 6 rings (SSSR count). The number of fused-ring (bicyclic) bond motifs is 5. The van der Waals surface area contributed by atoms with Crippen LogP contribution in [0.4, 0.5) is 9.93 Å². The first-order chi connectivity index (χ1) is 17.3. The first-order valence-corrected chi connectivity index (χ1v) is 15.2. The second kappa shape index (κ2) is 9.14. The highest BCUT2D eigenvalue weighted by molar-refractivity contribution is 7.13. The molecule has 0 spiro atoms. The van der Waals surface area contributed by atoms with Gasteiger partial charge < -0.3 is 10.2 Å². The molecule has 7 atom stereocenters. The number of thiazole rings is 1. The van der Waals surface area contributed by atoms with E-state index < -0.39 is 0 Å². The summed E-state index contributed by atoms with van der Waals surface area (Å²) in [7, 11) is 2.00. The average molecular weight is 511 g/mol. The van der Waals surface area contributed by atoms with Crippen LogP contribution in [0.15, 0.2) is 17.5 Å². The summed E-state index contributed by atoms with van der Waals surface area (Å²) in [5.41, 5.74) is 1.54. The largest absolute Gasteiger partial charge is 0.338 e. The fourth-order valence-electron chi connectivity index (χ4n) is 9.29. The van der Waals surface area contributed by atoms with Crippen molar-refractivity contribution in [1.29, 1.82) is 0 Å². The van der Waals surface area contributed by atoms with Crippen molar-refractivity contribution in [2.75, 3.05) is 12.4 Å². The molecule has 1 aromatic rings. The first kappa shape index (κ1) is 24.4. The molecule has 4 fully saturated rings. The molecule has 4 aliphatic carbocycles. The number of amides is 3. The monoisotopic (exact) mass is 510 g/mol. The van der Waals surface area contributed by atoms with Crippen LogP contribution in [0.5, 0.6) is 0 Å². The molecular formula is C29H42N4O2S. The third-order valence-corrected chi connectivity index (χ3v) is 11.9. The molecule has 4 saturated carbocycles. The fourth-order valence-corrected chi connectivity index (χ4v) is 10.1. The molecule has 0 radical (unpaired) electrons. The van der Waals surface area contributed by atoms with Crippen LogP contribution in [0.3, 0.4) is 0 Å². The standard InChI is InChI=1S/C29H42N4O2S/c1-28-15-13-21-19(9-12-24-29(21,2)16-14-25(34)33(24)3)20(28)10-11-22(28)23-17-36-27(31-23)32-26(35)30-18-7-5-4-6-8-18/h14,16-22,24H,4-13,15H2,1-3H3,(H2,30,31,32,35)/t19-,20-,21-,22+,24+,28-,29+/m0/s1. The van der Waals surface area contributed by atoms with E-state index in [1.54, 1.807) is 11.3 Å². The summed E-state index contributed by atoms with van der Waals surface area (Å²) in [6.45, 7) is 4.94. The quantitative estimate of drug-likeness (QED) is 0.500. The van der Waals surface area contributed by atoms with Gasteiger partial charge in [-0.1, -0.05) is 39.2 Å². The number of anilines is 1. The van der Waals surface area contributed by atoms with Crippen molar-refractivity contribution < 1.29 is 9.59 Å². The predicted octanol–water partition coefficient (Wildman–Crippen LogP) is 6.32. The summed E-state index contributed by atoms with van der Waals surface area (Å²) in [5.74, 6) is 2.71. The third-order valence-electron chi connectivity index (χ3n) is 11.2. The number of aromatic nitrogens is 1. The van der Waals surface area contributed by atoms with Gasteiger partial charge in [0.2, 0.25) is 5.91 Å². The van der Waals surface area contributed by atoms with Gasteiger partial charge in [0.15, 0.2) is 5.13 Å². The second-order valence-electron chi connectivity index (χ2n) is 12.8. The summed E-state index contributed by atoms with van der Waals surface area (Å²) in [4.78, 5) is 31.9. The number of likely N-dealkylation sites (N-methyl/N-ethyl adjacent to an activating group) is 1. The van der Waals surface area contributed by atoms with Crippen LogP contribution in [-0.2, 0) is 4.79 Å². The molecule has 0 bridgehead atoms. The molecule has 3 amide bonds. The fraction of sp³-hybridized carbons (Fsp3) is 0.759. The van der Waals surface area contributed by atoms with Crippen molar-refractivity contribution in [2.24, 2.45) is 28.6 Å². The average Bonchev–Trinajstić information content (AvgIpc) is 3.45. The minimum Gasteiger partial charge on any atom is -0.338 e. The lowest BCUT2D eigenvalue weighted by molar-refractivity contribution is -0.138. The highest BCUT2D eigenvalue weighted by Crippen LogP contribution is 2.67. The number of carbonyl (C=O) groups is 2. The molecule has 1 aliphatic heterocycles. The zero-order valence-corrected chi connectivity index (χ0v) is 22.9. The van der Waals surface area contributed by atoms with Gasteiger partial charge in [-0.3, -0.25) is 10.1 Å². The minimum absolute atomic E-state index is 0.0917. The molecular weight excluding hydrogens is 468 g/mol. The van der Waals surface area contributed by atoms with Gasteiger partial charge in [0.25, 0.3) is 0 Å². The van der Waals surface area contributed by atoms with E-state index in [2.05, 4.69) is 35.9 Å². The van der Waals surface area contributed by atoms with Crippen LogP contribution >= 0.6 is 11.3 Å². The van der Waals surface area contributed by atoms with E-state index >= 15 is 0 Å². The maximum Gasteiger partial charge on any atom is 0.321 e. The van der Waals surface area contributed by atoms with Crippen molar-refractivity contribution >= 4 is 28.4 Å². The Bertz CT molecular complexity index is 1050. The van der Waals surface area contributed by atoms with Crippen molar-refractivity contribution in [1.82, 2.24) is 15.2 Å². The van der Waals surface area contributed by atoms with Crippen molar-refractivity contribution in [3.05, 3.63) is 23.2 Å². The topological polar surface area (TPSA) is 74.3 Å². The number of nitrogens with zero attached hydrogens (tertiary/aromatic N) is 2. The van der Waals surface area contributed by atoms with E-state index in [4.69, 9.17) is 4.98 Å². The van der Waals surface area contributed by atoms with Gasteiger partial charge >= 0.3 is 6.03 Å². The lowest BCUT2D eigenvalue weighted by Crippen LogP contribution is -2.59. The van der Waals surface area contributed by atoms with Gasteiger partial charge in [0.05, 0.1) is 5.69 Å². The van der Waals surface area contributed by atoms with Crippen molar-refractivity contribution in [3.8, 4) is 0 Å². The second-order valence-corrected chi connectivity index (χ2v) is 13.7. The van der Waals surface area contributed by atoms with Crippen molar-refractivity contribution in [2.45, 2.75) is 102 Å². The highest BCUT2D eigenvalue weighted by atomic mass is 32.1. The number of rotatable bonds is 3. The van der Waals surface area contributed by atoms with Crippen LogP contribution in [0.1, 0.15) is 96.1 Å². The summed E-state index contributed by atoms with van der Waals surface area (Å²) in [5, 5.41) is 9.10. The molecule has 1 aromatic heterocycles. The van der Waals surface area contributed by atoms with Gasteiger partial charge in [0, 0.05) is 35.8 Å². The summed E-state index contributed by atoms with van der Waals surface area (Å²) in [6, 6.07) is 0.536. The molecule has 7 heteroatoms. The van der Waals surface area contributed by atoms with Crippen molar-refractivity contribution in [3.63, 3.8) is 0 Å². The Morgan fingerprint density at radius 1 is 1.06 bits per heavy atom. The molecule has 0 aromatic carbocycles. The molecule has 0 unspecified atom stereocenters. The summed E-state index contributed by atoms with van der Waals surface area (Å²) in [6.07, 6.45) is 17.2. The normalized spacial score (nSPS) is 40.4. The molecule has 5 aliphatic rings. The van der Waals surface area contributed by atoms with Gasteiger partial charge in [-0.15, -0.1) is 11.3 Å². The van der Waals surface area contributed by atoms with Crippen LogP contribution in [0, 0.1) is 28.6 Å². The number of hydrogen-bond acceptors (Lipinski definition) is 4. The van der Waals surface area contributed by atoms with Crippen LogP contribution in [0.25, 0.3) is 0 Å². The molecule has 36 heavy (non-hydrogen) atoms. The zero-order valence-electron chi connectivity index (χ0n) is 22.1. The van der Waals surface area contributed by atoms with E-state index in [0.29, 0.717) is 29.8 Å². The van der Waals surface area contributed by atoms with E-state index in [-0.39, 0.29) is 22.8 Å². The Hall–Kier alpha value is -1.89. The first-order valence-electron chi connectivity index (χ1n) is 14.3. The number of nitrogens with one attached hydrogen (secondary N) is 2. The lowest BCUT2D eigenvalue weighted by atomic mass is 9.47. The Balaban J connectivity index is 1.15. The maximum absolute atomic E-state index is 12.6. The van der Waals surface area contributed by atoms with Gasteiger partial charge in [0.1, 0.15) is 0 Å². The molecule has 0 saturated heterocycles. The van der Waals surface area contributed by atoms with E-state index in [1.807, 2.05) is 18.0 Å². The van der Waals surface area contributed by atoms with Gasteiger partial charge in [-0.05, 0) is 80.6 Å². The van der Waals surface area contributed by atoms with Gasteiger partial charge in [-0.25, -0.2) is 9.78 Å². The zero-order chi connectivity index (χ0) is 25.1. The number of carbonyl (C=O) groups excluding carboxylic acids is 2. The van der Waals surface area contributed by atoms with E-state index in [1.165, 1.54) is 57.1 Å².